The molecule has 0 N–H and O–H groups in total. The van der Waals surface area contributed by atoms with Gasteiger partial charge in [0.2, 0.25) is 0 Å². The highest BCUT2D eigenvalue weighted by Crippen LogP contribution is 2.39. The molecule has 0 radical (unpaired) electrons. The zero-order valence-electron chi connectivity index (χ0n) is 15.3. The van der Waals surface area contributed by atoms with E-state index in [-0.39, 0.29) is 18.0 Å². The third kappa shape index (κ3) is 3.57. The number of carbonyl (C=O) groups excluding carboxylic acids is 1. The molecule has 0 unspecified atom stereocenters. The molecule has 0 saturated carbocycles. The smallest absolute Gasteiger partial charge is 0.360 e. The first-order chi connectivity index (χ1) is 13.6. The summed E-state index contributed by atoms with van der Waals surface area (Å²) in [5.74, 6) is -0.668. The molecule has 0 aliphatic rings. The van der Waals surface area contributed by atoms with E-state index in [2.05, 4.69) is 0 Å². The van der Waals surface area contributed by atoms with Crippen molar-refractivity contribution in [1.82, 2.24) is 0 Å². The number of benzene rings is 3. The van der Waals surface area contributed by atoms with Crippen LogP contribution in [0.3, 0.4) is 0 Å². The second kappa shape index (κ2) is 8.35. The first-order valence-electron chi connectivity index (χ1n) is 8.80. The summed E-state index contributed by atoms with van der Waals surface area (Å²) >= 11 is 0. The molecule has 0 aromatic heterocycles. The van der Waals surface area contributed by atoms with Crippen molar-refractivity contribution in [1.29, 1.82) is 0 Å². The molecule has 28 heavy (non-hydrogen) atoms. The van der Waals surface area contributed by atoms with Gasteiger partial charge in [0.05, 0.1) is 11.5 Å². The van der Waals surface area contributed by atoms with Gasteiger partial charge in [-0.3, -0.25) is 10.1 Å². The van der Waals surface area contributed by atoms with Crippen LogP contribution in [0, 0.1) is 10.1 Å². The number of nitro benzene ring substituents is 1. The van der Waals surface area contributed by atoms with Gasteiger partial charge in [0, 0.05) is 17.2 Å². The van der Waals surface area contributed by atoms with Crippen molar-refractivity contribution in [3.63, 3.8) is 0 Å². The van der Waals surface area contributed by atoms with Gasteiger partial charge in [-0.1, -0.05) is 72.8 Å². The highest BCUT2D eigenvalue weighted by molar-refractivity contribution is 5.86. The number of esters is 1. The normalized spacial score (nSPS) is 10.9. The molecule has 3 aromatic carbocycles. The highest BCUT2D eigenvalue weighted by atomic mass is 16.6. The summed E-state index contributed by atoms with van der Waals surface area (Å²) in [6, 6.07) is 23.6. The molecule has 0 aliphatic heterocycles. The summed E-state index contributed by atoms with van der Waals surface area (Å²) in [5.41, 5.74) is -0.899. The topological polar surface area (TPSA) is 78.7 Å². The molecule has 0 bridgehead atoms. The fourth-order valence-electron chi connectivity index (χ4n) is 3.00. The quantitative estimate of drug-likeness (QED) is 0.345. The van der Waals surface area contributed by atoms with Crippen molar-refractivity contribution in [2.24, 2.45) is 0 Å². The van der Waals surface area contributed by atoms with E-state index in [1.54, 1.807) is 67.6 Å². The molecule has 0 atom stereocenters. The number of hydrogen-bond acceptors (Lipinski definition) is 5. The number of nitrogens with zero attached hydrogens (tertiary/aromatic N) is 1. The molecule has 0 fully saturated rings. The molecule has 0 aliphatic carbocycles. The Morgan fingerprint density at radius 1 is 0.893 bits per heavy atom. The average molecular weight is 377 g/mol. The van der Waals surface area contributed by atoms with Crippen molar-refractivity contribution in [3.05, 3.63) is 106 Å². The molecule has 3 rings (SSSR count). The van der Waals surface area contributed by atoms with Crippen LogP contribution in [0.15, 0.2) is 84.9 Å². The molecule has 0 heterocycles. The Morgan fingerprint density at radius 2 is 1.39 bits per heavy atom. The Morgan fingerprint density at radius 3 is 1.89 bits per heavy atom. The highest BCUT2D eigenvalue weighted by Gasteiger charge is 2.47. The van der Waals surface area contributed by atoms with Crippen molar-refractivity contribution in [2.75, 3.05) is 6.61 Å². The molecular weight excluding hydrogens is 358 g/mol. The number of nitro groups is 1. The number of hydrogen-bond donors (Lipinski definition) is 0. The third-order valence-corrected chi connectivity index (χ3v) is 4.25. The lowest BCUT2D eigenvalue weighted by molar-refractivity contribution is -0.386. The van der Waals surface area contributed by atoms with Crippen molar-refractivity contribution in [2.45, 2.75) is 12.5 Å². The Balaban J connectivity index is 2.27. The summed E-state index contributed by atoms with van der Waals surface area (Å²) < 4.78 is 11.5. The molecule has 6 nitrogen and oxygen atoms in total. The molecule has 0 saturated heterocycles. The maximum absolute atomic E-state index is 13.2. The molecule has 3 aromatic rings. The molecule has 0 spiro atoms. The monoisotopic (exact) mass is 377 g/mol. The van der Waals surface area contributed by atoms with Crippen molar-refractivity contribution < 1.29 is 19.2 Å². The first kappa shape index (κ1) is 19.1. The van der Waals surface area contributed by atoms with Crippen molar-refractivity contribution in [3.8, 4) is 5.75 Å². The second-order valence-corrected chi connectivity index (χ2v) is 5.96. The van der Waals surface area contributed by atoms with E-state index < -0.39 is 16.5 Å². The van der Waals surface area contributed by atoms with Gasteiger partial charge in [0.1, 0.15) is 0 Å². The van der Waals surface area contributed by atoms with Crippen LogP contribution in [0.1, 0.15) is 18.1 Å². The lowest BCUT2D eigenvalue weighted by atomic mass is 9.85. The van der Waals surface area contributed by atoms with Crippen LogP contribution in [-0.2, 0) is 15.1 Å². The minimum Gasteiger partial charge on any atom is -0.462 e. The third-order valence-electron chi connectivity index (χ3n) is 4.25. The molecular formula is C22H19NO5. The van der Waals surface area contributed by atoms with E-state index in [1.807, 2.05) is 12.1 Å². The summed E-state index contributed by atoms with van der Waals surface area (Å²) in [6.07, 6.45) is 0. The number of carbonyl (C=O) groups is 1. The Bertz CT molecular complexity index is 917. The molecule has 6 heteroatoms. The second-order valence-electron chi connectivity index (χ2n) is 5.96. The van der Waals surface area contributed by atoms with Crippen LogP contribution < -0.4 is 4.74 Å². The summed E-state index contributed by atoms with van der Waals surface area (Å²) in [5, 5.41) is 11.5. The maximum atomic E-state index is 13.2. The van der Waals surface area contributed by atoms with Crippen LogP contribution >= 0.6 is 0 Å². The van der Waals surface area contributed by atoms with Gasteiger partial charge in [-0.25, -0.2) is 4.79 Å². The number of para-hydroxylation sites is 2. The Hall–Kier alpha value is -3.67. The SMILES string of the molecule is CCOC(=O)C(Oc1ccccc1[N+](=O)[O-])(c1ccccc1)c1ccccc1. The summed E-state index contributed by atoms with van der Waals surface area (Å²) in [7, 11) is 0. The van der Waals surface area contributed by atoms with Crippen LogP contribution in [0.4, 0.5) is 5.69 Å². The van der Waals surface area contributed by atoms with E-state index in [4.69, 9.17) is 9.47 Å². The maximum Gasteiger partial charge on any atom is 0.360 e. The van der Waals surface area contributed by atoms with Gasteiger partial charge in [-0.05, 0) is 13.0 Å². The number of rotatable bonds is 7. The van der Waals surface area contributed by atoms with Crippen LogP contribution in [-0.4, -0.2) is 17.5 Å². The standard InChI is InChI=1S/C22H19NO5/c1-2-27-21(24)22(17-11-5-3-6-12-17,18-13-7-4-8-14-18)28-20-16-10-9-15-19(20)23(25)26/h3-16H,2H2,1H3. The van der Waals surface area contributed by atoms with Gasteiger partial charge in [0.15, 0.2) is 5.75 Å². The zero-order valence-corrected chi connectivity index (χ0v) is 15.3. The summed E-state index contributed by atoms with van der Waals surface area (Å²) in [4.78, 5) is 24.2. The van der Waals surface area contributed by atoms with Gasteiger partial charge < -0.3 is 9.47 Å². The van der Waals surface area contributed by atoms with Crippen LogP contribution in [0.2, 0.25) is 0 Å². The average Bonchev–Trinajstić information content (AvgIpc) is 2.73. The van der Waals surface area contributed by atoms with E-state index in [0.717, 1.165) is 0 Å². The lowest BCUT2D eigenvalue weighted by Crippen LogP contribution is -2.44. The first-order valence-corrected chi connectivity index (χ1v) is 8.80. The predicted molar refractivity (Wildman–Crippen MR) is 104 cm³/mol. The minimum atomic E-state index is -1.69. The fourth-order valence-corrected chi connectivity index (χ4v) is 3.00. The van der Waals surface area contributed by atoms with Gasteiger partial charge in [-0.2, -0.15) is 0 Å². The van der Waals surface area contributed by atoms with Crippen LogP contribution in [0.5, 0.6) is 5.75 Å². The zero-order chi connectivity index (χ0) is 20.0. The largest absolute Gasteiger partial charge is 0.462 e. The molecule has 142 valence electrons. The van der Waals surface area contributed by atoms with Crippen LogP contribution in [0.25, 0.3) is 0 Å². The molecule has 0 amide bonds. The van der Waals surface area contributed by atoms with E-state index in [1.165, 1.54) is 12.1 Å². The van der Waals surface area contributed by atoms with Gasteiger partial charge in [0.25, 0.3) is 5.60 Å². The number of ether oxygens (including phenoxy) is 2. The Labute approximate surface area is 162 Å². The summed E-state index contributed by atoms with van der Waals surface area (Å²) in [6.45, 7) is 1.84. The van der Waals surface area contributed by atoms with Gasteiger partial charge >= 0.3 is 11.7 Å². The van der Waals surface area contributed by atoms with Gasteiger partial charge in [-0.15, -0.1) is 0 Å². The Kier molecular flexibility index (Phi) is 5.69. The van der Waals surface area contributed by atoms with E-state index in [9.17, 15) is 14.9 Å². The van der Waals surface area contributed by atoms with E-state index >= 15 is 0 Å². The predicted octanol–water partition coefficient (Wildman–Crippen LogP) is 4.48. The fraction of sp³-hybridized carbons (Fsp3) is 0.136. The van der Waals surface area contributed by atoms with E-state index in [0.29, 0.717) is 11.1 Å². The lowest BCUT2D eigenvalue weighted by Gasteiger charge is -2.32. The van der Waals surface area contributed by atoms with Crippen molar-refractivity contribution >= 4 is 11.7 Å². The minimum absolute atomic E-state index is 0.0201.